The van der Waals surface area contributed by atoms with Crippen LogP contribution in [-0.2, 0) is 4.74 Å². The average molecular weight is 265 g/mol. The van der Waals surface area contributed by atoms with E-state index in [-0.39, 0.29) is 17.1 Å². The normalized spacial score (nSPS) is 19.7. The van der Waals surface area contributed by atoms with Crippen LogP contribution in [0.3, 0.4) is 0 Å². The fourth-order valence-electron chi connectivity index (χ4n) is 2.38. The minimum absolute atomic E-state index is 0.0985. The van der Waals surface area contributed by atoms with Crippen LogP contribution >= 0.6 is 0 Å². The Morgan fingerprint density at radius 2 is 2.37 bits per heavy atom. The highest BCUT2D eigenvalue weighted by Crippen LogP contribution is 2.26. The molecule has 0 saturated carbocycles. The number of carboxylic acids is 1. The van der Waals surface area contributed by atoms with Gasteiger partial charge < -0.3 is 9.84 Å². The number of carbonyl (C=O) groups is 1. The Hall–Kier alpha value is -2.02. The van der Waals surface area contributed by atoms with Gasteiger partial charge in [-0.15, -0.1) is 5.10 Å². The van der Waals surface area contributed by atoms with Gasteiger partial charge in [0.2, 0.25) is 0 Å². The summed E-state index contributed by atoms with van der Waals surface area (Å²) in [7, 11) is 0. The van der Waals surface area contributed by atoms with Crippen molar-refractivity contribution in [2.75, 3.05) is 13.2 Å². The van der Waals surface area contributed by atoms with Crippen LogP contribution in [0.4, 0.5) is 4.39 Å². The number of ether oxygens (including phenoxy) is 1. The third-order valence-electron chi connectivity index (χ3n) is 3.28. The summed E-state index contributed by atoms with van der Waals surface area (Å²) in [6.07, 6.45) is 1.68. The lowest BCUT2D eigenvalue weighted by molar-refractivity contribution is 0.0554. The fourth-order valence-corrected chi connectivity index (χ4v) is 2.38. The number of halogens is 1. The second-order valence-corrected chi connectivity index (χ2v) is 4.50. The number of benzene rings is 1. The van der Waals surface area contributed by atoms with Crippen LogP contribution in [0.2, 0.25) is 0 Å². The summed E-state index contributed by atoms with van der Waals surface area (Å²) < 4.78 is 20.5. The molecule has 1 unspecified atom stereocenters. The van der Waals surface area contributed by atoms with Crippen molar-refractivity contribution in [3.63, 3.8) is 0 Å². The van der Waals surface area contributed by atoms with Gasteiger partial charge in [0.25, 0.3) is 0 Å². The monoisotopic (exact) mass is 265 g/mol. The number of aromatic nitrogens is 3. The highest BCUT2D eigenvalue weighted by molar-refractivity contribution is 6.01. The van der Waals surface area contributed by atoms with Gasteiger partial charge >= 0.3 is 5.97 Å². The first-order valence-electron chi connectivity index (χ1n) is 6.03. The number of carboxylic acid groups (broad SMARTS) is 1. The van der Waals surface area contributed by atoms with Gasteiger partial charge in [0.05, 0.1) is 12.6 Å². The fraction of sp³-hybridized carbons (Fsp3) is 0.417. The van der Waals surface area contributed by atoms with E-state index in [1.54, 1.807) is 0 Å². The molecule has 0 amide bonds. The van der Waals surface area contributed by atoms with E-state index in [1.165, 1.54) is 10.7 Å². The van der Waals surface area contributed by atoms with Gasteiger partial charge in [0.15, 0.2) is 0 Å². The number of aromatic carboxylic acids is 1. The van der Waals surface area contributed by atoms with Gasteiger partial charge in [-0.05, 0) is 25.0 Å². The van der Waals surface area contributed by atoms with Gasteiger partial charge in [-0.25, -0.2) is 13.9 Å². The van der Waals surface area contributed by atoms with E-state index in [0.717, 1.165) is 18.9 Å². The van der Waals surface area contributed by atoms with E-state index in [2.05, 4.69) is 10.3 Å². The second-order valence-electron chi connectivity index (χ2n) is 4.50. The summed E-state index contributed by atoms with van der Waals surface area (Å²) in [4.78, 5) is 11.2. The largest absolute Gasteiger partial charge is 0.478 e. The lowest BCUT2D eigenvalue weighted by Gasteiger charge is -2.22. The zero-order chi connectivity index (χ0) is 13.4. The highest BCUT2D eigenvalue weighted by atomic mass is 19.1. The summed E-state index contributed by atoms with van der Waals surface area (Å²) in [5.41, 5.74) is 0.223. The molecule has 2 aromatic rings. The summed E-state index contributed by atoms with van der Waals surface area (Å²) >= 11 is 0. The van der Waals surface area contributed by atoms with Crippen molar-refractivity contribution in [2.24, 2.45) is 0 Å². The topological polar surface area (TPSA) is 77.2 Å². The minimum Gasteiger partial charge on any atom is -0.478 e. The van der Waals surface area contributed by atoms with E-state index < -0.39 is 11.8 Å². The lowest BCUT2D eigenvalue weighted by atomic mass is 10.1. The van der Waals surface area contributed by atoms with Crippen LogP contribution < -0.4 is 0 Å². The summed E-state index contributed by atoms with van der Waals surface area (Å²) in [5.74, 6) is -2.09. The summed E-state index contributed by atoms with van der Waals surface area (Å²) in [5, 5.41) is 17.0. The maximum Gasteiger partial charge on any atom is 0.340 e. The predicted molar refractivity (Wildman–Crippen MR) is 63.5 cm³/mol. The molecule has 100 valence electrons. The number of nitrogens with zero attached hydrogens (tertiary/aromatic N) is 3. The summed E-state index contributed by atoms with van der Waals surface area (Å²) in [6.45, 7) is 1.12. The quantitative estimate of drug-likeness (QED) is 0.892. The van der Waals surface area contributed by atoms with E-state index >= 15 is 0 Å². The minimum atomic E-state index is -1.32. The number of fused-ring (bicyclic) bond motifs is 1. The van der Waals surface area contributed by atoms with E-state index in [1.807, 2.05) is 0 Å². The first-order valence-corrected chi connectivity index (χ1v) is 6.03. The Labute approximate surface area is 107 Å². The first kappa shape index (κ1) is 12.0. The molecular formula is C12H12FN3O3. The number of hydrogen-bond donors (Lipinski definition) is 1. The zero-order valence-corrected chi connectivity index (χ0v) is 10.0. The van der Waals surface area contributed by atoms with E-state index in [4.69, 9.17) is 9.84 Å². The maximum atomic E-state index is 13.7. The van der Waals surface area contributed by atoms with Crippen LogP contribution in [-0.4, -0.2) is 39.3 Å². The third kappa shape index (κ3) is 1.95. The Bertz CT molecular complexity index is 634. The van der Waals surface area contributed by atoms with Crippen molar-refractivity contribution in [1.29, 1.82) is 0 Å². The zero-order valence-electron chi connectivity index (χ0n) is 10.0. The second kappa shape index (κ2) is 4.58. The Kier molecular flexibility index (Phi) is 2.90. The van der Waals surface area contributed by atoms with E-state index in [9.17, 15) is 9.18 Å². The number of hydrogen-bond acceptors (Lipinski definition) is 4. The van der Waals surface area contributed by atoms with Gasteiger partial charge in [0, 0.05) is 6.61 Å². The van der Waals surface area contributed by atoms with Crippen molar-refractivity contribution >= 4 is 17.0 Å². The van der Waals surface area contributed by atoms with Gasteiger partial charge in [-0.2, -0.15) is 0 Å². The molecule has 1 aromatic carbocycles. The molecule has 19 heavy (non-hydrogen) atoms. The molecule has 0 aliphatic carbocycles. The third-order valence-corrected chi connectivity index (χ3v) is 3.28. The molecule has 3 rings (SSSR count). The molecule has 1 aliphatic rings. The molecule has 1 fully saturated rings. The van der Waals surface area contributed by atoms with Crippen LogP contribution in [0.1, 0.15) is 29.2 Å². The molecule has 7 heteroatoms. The standard InChI is InChI=1S/C12H12FN3O3/c13-8-3-4-9-11(10(8)12(17)18)16(15-14-9)7-2-1-5-19-6-7/h3-4,7H,1-2,5-6H2,(H,17,18). The SMILES string of the molecule is O=C(O)c1c(F)ccc2nnn(C3CCCOC3)c12. The molecule has 0 radical (unpaired) electrons. The summed E-state index contributed by atoms with van der Waals surface area (Å²) in [6, 6.07) is 2.44. The van der Waals surface area contributed by atoms with Crippen molar-refractivity contribution in [1.82, 2.24) is 15.0 Å². The molecule has 2 heterocycles. The van der Waals surface area contributed by atoms with Gasteiger partial charge in [-0.1, -0.05) is 5.21 Å². The average Bonchev–Trinajstić information content (AvgIpc) is 2.82. The molecule has 1 N–H and O–H groups in total. The lowest BCUT2D eigenvalue weighted by Crippen LogP contribution is -2.23. The van der Waals surface area contributed by atoms with Crippen LogP contribution in [0.25, 0.3) is 11.0 Å². The van der Waals surface area contributed by atoms with Crippen molar-refractivity contribution in [2.45, 2.75) is 18.9 Å². The van der Waals surface area contributed by atoms with Crippen molar-refractivity contribution in [3.8, 4) is 0 Å². The van der Waals surface area contributed by atoms with Gasteiger partial charge in [0.1, 0.15) is 22.4 Å². The maximum absolute atomic E-state index is 13.7. The Morgan fingerprint density at radius 1 is 1.53 bits per heavy atom. The molecule has 6 nitrogen and oxygen atoms in total. The molecule has 1 aliphatic heterocycles. The highest BCUT2D eigenvalue weighted by Gasteiger charge is 2.25. The Balaban J connectivity index is 2.19. The van der Waals surface area contributed by atoms with Gasteiger partial charge in [-0.3, -0.25) is 0 Å². The first-order chi connectivity index (χ1) is 9.18. The smallest absolute Gasteiger partial charge is 0.340 e. The molecule has 0 bridgehead atoms. The predicted octanol–water partition coefficient (Wildman–Crippen LogP) is 1.62. The van der Waals surface area contributed by atoms with Crippen LogP contribution in [0, 0.1) is 5.82 Å². The van der Waals surface area contributed by atoms with Crippen molar-refractivity contribution < 1.29 is 19.0 Å². The number of rotatable bonds is 2. The van der Waals surface area contributed by atoms with Crippen LogP contribution in [0.5, 0.6) is 0 Å². The molecular weight excluding hydrogens is 253 g/mol. The van der Waals surface area contributed by atoms with Crippen LogP contribution in [0.15, 0.2) is 12.1 Å². The molecule has 1 aromatic heterocycles. The van der Waals surface area contributed by atoms with Crippen molar-refractivity contribution in [3.05, 3.63) is 23.5 Å². The Morgan fingerprint density at radius 3 is 3.05 bits per heavy atom. The molecule has 1 saturated heterocycles. The molecule has 1 atom stereocenters. The molecule has 0 spiro atoms. The van der Waals surface area contributed by atoms with E-state index in [0.29, 0.717) is 18.7 Å².